The number of nitrogens with one attached hydrogen (secondary N) is 3. The van der Waals surface area contributed by atoms with Gasteiger partial charge in [-0.05, 0) is 68.2 Å². The van der Waals surface area contributed by atoms with Gasteiger partial charge in [0.05, 0.1) is 35.7 Å². The molecule has 1 aliphatic heterocycles. The molecule has 2 aromatic carbocycles. The van der Waals surface area contributed by atoms with Gasteiger partial charge in [-0.15, -0.1) is 0 Å². The number of carbonyl (C=O) groups is 1. The minimum Gasteiger partial charge on any atom is -0.496 e. The Balaban J connectivity index is 1.99. The molecule has 0 bridgehead atoms. The summed E-state index contributed by atoms with van der Waals surface area (Å²) in [7, 11) is 3.30. The van der Waals surface area contributed by atoms with Crippen molar-refractivity contribution in [2.24, 2.45) is 4.99 Å². The number of hydrogen-bond donors (Lipinski definition) is 3. The van der Waals surface area contributed by atoms with E-state index in [9.17, 15) is 18.0 Å². The van der Waals surface area contributed by atoms with Gasteiger partial charge >= 0.3 is 6.18 Å². The van der Waals surface area contributed by atoms with E-state index in [4.69, 9.17) is 15.1 Å². The maximum absolute atomic E-state index is 13.6. The predicted octanol–water partition coefficient (Wildman–Crippen LogP) is 7.26. The standard InChI is InChI=1S/C32H40F3N5O2/c1-8-10-26(36)30-20(4)21(5)37-31(39-30)24-17-22(12-14-29(24)42-7)38-27(15-16-41)28(9-2)40(6)23-13-11-19(3)25(18-23)32(33,34)35/h11-14,16-18,27-28,36,38H,5,8-10,15H2,1-4,6-7H3,(H,37,39). The number of ether oxygens (including phenoxy) is 1. The summed E-state index contributed by atoms with van der Waals surface area (Å²) in [6.07, 6.45) is -1.55. The van der Waals surface area contributed by atoms with Gasteiger partial charge in [0.2, 0.25) is 0 Å². The molecule has 7 nitrogen and oxygen atoms in total. The largest absolute Gasteiger partial charge is 0.496 e. The van der Waals surface area contributed by atoms with Crippen molar-refractivity contribution < 1.29 is 22.7 Å². The Labute approximate surface area is 246 Å². The maximum Gasteiger partial charge on any atom is 0.416 e. The van der Waals surface area contributed by atoms with Gasteiger partial charge in [0.1, 0.15) is 17.9 Å². The highest BCUT2D eigenvalue weighted by molar-refractivity contribution is 6.09. The average Bonchev–Trinajstić information content (AvgIpc) is 2.94. The number of aryl methyl sites for hydroxylation is 1. The van der Waals surface area contributed by atoms with Crippen molar-refractivity contribution in [3.63, 3.8) is 0 Å². The van der Waals surface area contributed by atoms with Crippen LogP contribution in [0.15, 0.2) is 64.9 Å². The second-order valence-corrected chi connectivity index (χ2v) is 10.4. The summed E-state index contributed by atoms with van der Waals surface area (Å²) in [5.74, 6) is 1.04. The normalized spacial score (nSPS) is 15.0. The molecule has 1 aliphatic rings. The van der Waals surface area contributed by atoms with Crippen LogP contribution < -0.4 is 20.3 Å². The van der Waals surface area contributed by atoms with Crippen LogP contribution in [0.2, 0.25) is 0 Å². The number of rotatable bonds is 13. The molecule has 0 spiro atoms. The van der Waals surface area contributed by atoms with Crippen LogP contribution in [-0.2, 0) is 11.0 Å². The summed E-state index contributed by atoms with van der Waals surface area (Å²) in [6.45, 7) is 11.4. The van der Waals surface area contributed by atoms with Crippen LogP contribution in [0, 0.1) is 12.3 Å². The first kappa shape index (κ1) is 32.4. The third-order valence-corrected chi connectivity index (χ3v) is 7.56. The lowest BCUT2D eigenvalue weighted by atomic mass is 9.98. The fraction of sp³-hybridized carbons (Fsp3) is 0.406. The van der Waals surface area contributed by atoms with Gasteiger partial charge in [-0.3, -0.25) is 0 Å². The highest BCUT2D eigenvalue weighted by atomic mass is 19.4. The van der Waals surface area contributed by atoms with E-state index in [1.807, 2.05) is 32.9 Å². The number of hydrogen-bond acceptors (Lipinski definition) is 7. The second-order valence-electron chi connectivity index (χ2n) is 10.4. The molecule has 3 N–H and O–H groups in total. The Bertz CT molecular complexity index is 1400. The Kier molecular flexibility index (Phi) is 10.6. The van der Waals surface area contributed by atoms with Crippen LogP contribution in [0.1, 0.15) is 63.1 Å². The average molecular weight is 584 g/mol. The molecular formula is C32H40F3N5O2. The van der Waals surface area contributed by atoms with Crippen molar-refractivity contribution in [3.05, 3.63) is 76.6 Å². The monoisotopic (exact) mass is 583 g/mol. The topological polar surface area (TPSA) is 89.8 Å². The third kappa shape index (κ3) is 7.21. The van der Waals surface area contributed by atoms with E-state index >= 15 is 0 Å². The van der Waals surface area contributed by atoms with E-state index in [2.05, 4.69) is 17.2 Å². The van der Waals surface area contributed by atoms with E-state index in [0.717, 1.165) is 24.3 Å². The van der Waals surface area contributed by atoms with Crippen LogP contribution in [0.4, 0.5) is 24.5 Å². The Hall–Kier alpha value is -4.08. The highest BCUT2D eigenvalue weighted by Crippen LogP contribution is 2.35. The minimum absolute atomic E-state index is 0.137. The first-order valence-electron chi connectivity index (χ1n) is 14.0. The molecule has 1 heterocycles. The molecule has 10 heteroatoms. The number of carbonyl (C=O) groups excluding carboxylic acids is 1. The summed E-state index contributed by atoms with van der Waals surface area (Å²) in [5.41, 5.74) is 3.63. The van der Waals surface area contributed by atoms with Crippen molar-refractivity contribution in [3.8, 4) is 5.75 Å². The van der Waals surface area contributed by atoms with Crippen molar-refractivity contribution in [1.82, 2.24) is 5.32 Å². The molecule has 3 rings (SSSR count). The van der Waals surface area contributed by atoms with Crippen molar-refractivity contribution in [2.45, 2.75) is 71.6 Å². The second kappa shape index (κ2) is 13.7. The lowest BCUT2D eigenvalue weighted by molar-refractivity contribution is -0.138. The molecule has 0 aromatic heterocycles. The number of allylic oxidation sites excluding steroid dienone is 2. The molecule has 2 aromatic rings. The number of anilines is 2. The lowest BCUT2D eigenvalue weighted by Crippen LogP contribution is -2.45. The van der Waals surface area contributed by atoms with E-state index in [1.54, 1.807) is 31.2 Å². The fourth-order valence-electron chi connectivity index (χ4n) is 5.16. The van der Waals surface area contributed by atoms with Gasteiger partial charge in [-0.1, -0.05) is 32.9 Å². The number of likely N-dealkylation sites (N-methyl/N-ethyl adjacent to an activating group) is 1. The molecule has 0 amide bonds. The van der Waals surface area contributed by atoms with Crippen molar-refractivity contribution in [2.75, 3.05) is 24.4 Å². The number of nitrogens with zero attached hydrogens (tertiary/aromatic N) is 2. The summed E-state index contributed by atoms with van der Waals surface area (Å²) in [6, 6.07) is 9.02. The highest BCUT2D eigenvalue weighted by Gasteiger charge is 2.34. The number of aliphatic imine (C=N–C) groups is 1. The predicted molar refractivity (Wildman–Crippen MR) is 164 cm³/mol. The Morgan fingerprint density at radius 1 is 1.21 bits per heavy atom. The lowest BCUT2D eigenvalue weighted by Gasteiger charge is -2.36. The molecule has 2 atom stereocenters. The summed E-state index contributed by atoms with van der Waals surface area (Å²) in [5, 5.41) is 15.2. The van der Waals surface area contributed by atoms with Gasteiger partial charge in [-0.2, -0.15) is 13.2 Å². The maximum atomic E-state index is 13.6. The summed E-state index contributed by atoms with van der Waals surface area (Å²) < 4.78 is 46.5. The fourth-order valence-corrected chi connectivity index (χ4v) is 5.16. The van der Waals surface area contributed by atoms with E-state index < -0.39 is 17.8 Å². The first-order chi connectivity index (χ1) is 19.9. The number of methoxy groups -OCH3 is 1. The smallest absolute Gasteiger partial charge is 0.416 e. The molecule has 0 saturated heterocycles. The first-order valence-corrected chi connectivity index (χ1v) is 14.0. The van der Waals surface area contributed by atoms with Gasteiger partial charge in [0.15, 0.2) is 0 Å². The summed E-state index contributed by atoms with van der Waals surface area (Å²) >= 11 is 0. The number of alkyl halides is 3. The van der Waals surface area contributed by atoms with Crippen LogP contribution in [0.3, 0.4) is 0 Å². The van der Waals surface area contributed by atoms with Crippen LogP contribution >= 0.6 is 0 Å². The quantitative estimate of drug-likeness (QED) is 0.171. The van der Waals surface area contributed by atoms with Crippen molar-refractivity contribution in [1.29, 1.82) is 5.41 Å². The molecule has 0 aliphatic carbocycles. The van der Waals surface area contributed by atoms with E-state index in [1.165, 1.54) is 13.0 Å². The number of benzene rings is 2. The minimum atomic E-state index is -4.47. The van der Waals surface area contributed by atoms with Crippen molar-refractivity contribution >= 4 is 29.2 Å². The zero-order chi connectivity index (χ0) is 31.2. The number of aldehydes is 1. The van der Waals surface area contributed by atoms with Gasteiger partial charge < -0.3 is 30.5 Å². The molecular weight excluding hydrogens is 543 g/mol. The Morgan fingerprint density at radius 2 is 1.93 bits per heavy atom. The molecule has 0 radical (unpaired) electrons. The molecule has 0 saturated carbocycles. The van der Waals surface area contributed by atoms with Gasteiger partial charge in [0.25, 0.3) is 0 Å². The van der Waals surface area contributed by atoms with Crippen LogP contribution in [-0.4, -0.2) is 44.1 Å². The van der Waals surface area contributed by atoms with Crippen LogP contribution in [0.25, 0.3) is 0 Å². The molecule has 42 heavy (non-hydrogen) atoms. The zero-order valence-corrected chi connectivity index (χ0v) is 25.1. The Morgan fingerprint density at radius 3 is 2.52 bits per heavy atom. The zero-order valence-electron chi connectivity index (χ0n) is 25.1. The third-order valence-electron chi connectivity index (χ3n) is 7.56. The molecule has 2 unspecified atom stereocenters. The van der Waals surface area contributed by atoms with Crippen LogP contribution in [0.5, 0.6) is 5.75 Å². The summed E-state index contributed by atoms with van der Waals surface area (Å²) in [4.78, 5) is 18.3. The van der Waals surface area contributed by atoms with E-state index in [-0.39, 0.29) is 18.0 Å². The number of halogens is 3. The molecule has 0 fully saturated rings. The number of amidine groups is 1. The van der Waals surface area contributed by atoms with E-state index in [0.29, 0.717) is 58.5 Å². The molecule has 226 valence electrons. The SMILES string of the molecule is C=C1NC(c2cc(NC(CC=O)C(CC)N(C)c3ccc(C)c(C(F)(F)F)c3)ccc2OC)=NC(C(=N)CCC)=C1C. The van der Waals surface area contributed by atoms with Gasteiger partial charge in [0, 0.05) is 36.6 Å². The van der Waals surface area contributed by atoms with Gasteiger partial charge in [-0.25, -0.2) is 4.99 Å².